The van der Waals surface area contributed by atoms with Crippen molar-refractivity contribution in [3.8, 4) is 0 Å². The molecule has 0 rings (SSSR count). The highest BCUT2D eigenvalue weighted by Crippen LogP contribution is 2.11. The summed E-state index contributed by atoms with van der Waals surface area (Å²) >= 11 is 0. The van der Waals surface area contributed by atoms with Crippen molar-refractivity contribution < 1.29 is 5.32 Å². The van der Waals surface area contributed by atoms with E-state index in [0.717, 1.165) is 0 Å². The number of rotatable bonds is 16. The molecule has 0 spiro atoms. The van der Waals surface area contributed by atoms with Gasteiger partial charge < -0.3 is 5.32 Å². The van der Waals surface area contributed by atoms with Crippen LogP contribution in [-0.2, 0) is 0 Å². The fraction of sp³-hybridized carbons (Fsp3) is 1.00. The highest BCUT2D eigenvalue weighted by Gasteiger charge is 1.94. The van der Waals surface area contributed by atoms with Crippen LogP contribution in [0.3, 0.4) is 0 Å². The second kappa shape index (κ2) is 18.0. The number of quaternary nitrogens is 1. The van der Waals surface area contributed by atoms with Crippen molar-refractivity contribution in [2.24, 2.45) is 0 Å². The Labute approximate surface area is 122 Å². The summed E-state index contributed by atoms with van der Waals surface area (Å²) in [6.45, 7) is 7.27. The Morgan fingerprint density at radius 1 is 0.421 bits per heavy atom. The number of hydrogen-bond acceptors (Lipinski definition) is 0. The molecule has 0 unspecified atom stereocenters. The van der Waals surface area contributed by atoms with Gasteiger partial charge in [-0.15, -0.1) is 0 Å². The molecule has 1 heteroatoms. The normalized spacial score (nSPS) is 11.1. The lowest BCUT2D eigenvalue weighted by molar-refractivity contribution is -0.655. The van der Waals surface area contributed by atoms with E-state index >= 15 is 0 Å². The zero-order valence-corrected chi connectivity index (χ0v) is 13.9. The summed E-state index contributed by atoms with van der Waals surface area (Å²) in [4.78, 5) is 0. The van der Waals surface area contributed by atoms with E-state index in [0.29, 0.717) is 0 Å². The molecule has 0 bridgehead atoms. The summed E-state index contributed by atoms with van der Waals surface area (Å²) in [5, 5.41) is 2.50. The Balaban J connectivity index is 2.88. The van der Waals surface area contributed by atoms with Crippen LogP contribution in [0.5, 0.6) is 0 Å². The van der Waals surface area contributed by atoms with E-state index in [2.05, 4.69) is 19.2 Å². The molecule has 0 heterocycles. The van der Waals surface area contributed by atoms with Crippen molar-refractivity contribution in [1.29, 1.82) is 0 Å². The number of unbranched alkanes of at least 4 members (excludes halogenated alkanes) is 12. The van der Waals surface area contributed by atoms with Gasteiger partial charge in [0, 0.05) is 0 Å². The Bertz CT molecular complexity index is 129. The summed E-state index contributed by atoms with van der Waals surface area (Å²) < 4.78 is 0. The third-order valence-electron chi connectivity index (χ3n) is 4.02. The third-order valence-corrected chi connectivity index (χ3v) is 4.02. The second-order valence-electron chi connectivity index (χ2n) is 6.11. The quantitative estimate of drug-likeness (QED) is 0.378. The van der Waals surface area contributed by atoms with Gasteiger partial charge in [0.15, 0.2) is 0 Å². The van der Waals surface area contributed by atoms with Crippen LogP contribution in [0, 0.1) is 0 Å². The maximum absolute atomic E-state index is 2.50. The molecule has 0 aliphatic carbocycles. The minimum Gasteiger partial charge on any atom is -0.346 e. The molecular formula is C18H40N+. The Morgan fingerprint density at radius 3 is 1.26 bits per heavy atom. The molecule has 0 fully saturated rings. The van der Waals surface area contributed by atoms with E-state index in [9.17, 15) is 0 Å². The first-order valence-electron chi connectivity index (χ1n) is 9.23. The van der Waals surface area contributed by atoms with Crippen molar-refractivity contribution in [1.82, 2.24) is 0 Å². The molecule has 0 aromatic carbocycles. The smallest absolute Gasteiger partial charge is 0.0755 e. The van der Waals surface area contributed by atoms with Crippen molar-refractivity contribution in [2.45, 2.75) is 104 Å². The van der Waals surface area contributed by atoms with Crippen LogP contribution >= 0.6 is 0 Å². The van der Waals surface area contributed by atoms with Gasteiger partial charge in [-0.25, -0.2) is 0 Å². The molecule has 0 atom stereocenters. The van der Waals surface area contributed by atoms with E-state index in [4.69, 9.17) is 0 Å². The lowest BCUT2D eigenvalue weighted by Gasteiger charge is -2.03. The second-order valence-corrected chi connectivity index (χ2v) is 6.11. The topological polar surface area (TPSA) is 16.6 Å². The fourth-order valence-corrected chi connectivity index (χ4v) is 2.62. The van der Waals surface area contributed by atoms with E-state index in [1.807, 2.05) is 0 Å². The summed E-state index contributed by atoms with van der Waals surface area (Å²) in [7, 11) is 0. The molecule has 19 heavy (non-hydrogen) atoms. The van der Waals surface area contributed by atoms with Gasteiger partial charge in [0.2, 0.25) is 0 Å². The van der Waals surface area contributed by atoms with Gasteiger partial charge in [0.25, 0.3) is 0 Å². The molecule has 0 aromatic rings. The predicted octanol–water partition coefficient (Wildman–Crippen LogP) is 5.05. The van der Waals surface area contributed by atoms with Crippen molar-refractivity contribution >= 4 is 0 Å². The zero-order valence-electron chi connectivity index (χ0n) is 13.9. The maximum Gasteiger partial charge on any atom is 0.0755 e. The predicted molar refractivity (Wildman–Crippen MR) is 87.6 cm³/mol. The van der Waals surface area contributed by atoms with Crippen LogP contribution in [0.15, 0.2) is 0 Å². The standard InChI is InChI=1S/C18H39N/c1-3-5-7-8-9-10-11-12-13-14-15-16-18-19-17-6-4-2/h19H,3-18H2,1-2H3/p+1. The van der Waals surface area contributed by atoms with E-state index in [1.54, 1.807) is 0 Å². The monoisotopic (exact) mass is 270 g/mol. The maximum atomic E-state index is 2.50. The SMILES string of the molecule is CCCCCCCCCCCCCC[NH2+]CCCC. The number of nitrogens with two attached hydrogens (primary N) is 1. The van der Waals surface area contributed by atoms with Crippen LogP contribution < -0.4 is 5.32 Å². The van der Waals surface area contributed by atoms with Gasteiger partial charge in [-0.05, 0) is 19.3 Å². The largest absolute Gasteiger partial charge is 0.346 e. The fourth-order valence-electron chi connectivity index (χ4n) is 2.62. The Kier molecular flexibility index (Phi) is 17.9. The molecule has 0 amide bonds. The molecule has 0 saturated carbocycles. The average molecular weight is 271 g/mol. The van der Waals surface area contributed by atoms with Gasteiger partial charge in [0.1, 0.15) is 0 Å². The average Bonchev–Trinajstić information content (AvgIpc) is 2.43. The highest BCUT2D eigenvalue weighted by molar-refractivity contribution is 4.48. The molecule has 0 aliphatic heterocycles. The zero-order chi connectivity index (χ0) is 14.0. The summed E-state index contributed by atoms with van der Waals surface area (Å²) in [5.74, 6) is 0. The third kappa shape index (κ3) is 18.0. The van der Waals surface area contributed by atoms with Crippen molar-refractivity contribution in [3.63, 3.8) is 0 Å². The lowest BCUT2D eigenvalue weighted by atomic mass is 10.1. The van der Waals surface area contributed by atoms with Crippen molar-refractivity contribution in [2.75, 3.05) is 13.1 Å². The van der Waals surface area contributed by atoms with E-state index in [-0.39, 0.29) is 0 Å². The minimum absolute atomic E-state index is 1.34. The van der Waals surface area contributed by atoms with Crippen molar-refractivity contribution in [3.05, 3.63) is 0 Å². The van der Waals surface area contributed by atoms with Gasteiger partial charge >= 0.3 is 0 Å². The molecule has 0 aliphatic rings. The van der Waals surface area contributed by atoms with Crippen LogP contribution in [0.1, 0.15) is 104 Å². The summed E-state index contributed by atoms with van der Waals surface area (Å²) in [5.41, 5.74) is 0. The first kappa shape index (κ1) is 19.0. The molecular weight excluding hydrogens is 230 g/mol. The molecule has 1 nitrogen and oxygen atoms in total. The molecule has 2 N–H and O–H groups in total. The highest BCUT2D eigenvalue weighted by atomic mass is 14.8. The number of hydrogen-bond donors (Lipinski definition) is 1. The van der Waals surface area contributed by atoms with Crippen LogP contribution in [-0.4, -0.2) is 13.1 Å². The van der Waals surface area contributed by atoms with Crippen LogP contribution in [0.4, 0.5) is 0 Å². The summed E-state index contributed by atoms with van der Waals surface area (Å²) in [6, 6.07) is 0. The van der Waals surface area contributed by atoms with Gasteiger partial charge in [-0.1, -0.05) is 84.5 Å². The van der Waals surface area contributed by atoms with Gasteiger partial charge in [0.05, 0.1) is 13.1 Å². The summed E-state index contributed by atoms with van der Waals surface area (Å²) in [6.07, 6.45) is 20.2. The molecule has 0 saturated heterocycles. The molecule has 0 radical (unpaired) electrons. The van der Waals surface area contributed by atoms with E-state index in [1.165, 1.54) is 103 Å². The first-order valence-corrected chi connectivity index (χ1v) is 9.23. The first-order chi connectivity index (χ1) is 9.41. The Hall–Kier alpha value is -0.0400. The van der Waals surface area contributed by atoms with Gasteiger partial charge in [-0.3, -0.25) is 0 Å². The lowest BCUT2D eigenvalue weighted by Crippen LogP contribution is -2.84. The molecule has 116 valence electrons. The minimum atomic E-state index is 1.34. The van der Waals surface area contributed by atoms with Crippen LogP contribution in [0.2, 0.25) is 0 Å². The van der Waals surface area contributed by atoms with Crippen LogP contribution in [0.25, 0.3) is 0 Å². The van der Waals surface area contributed by atoms with Gasteiger partial charge in [-0.2, -0.15) is 0 Å². The molecule has 0 aromatic heterocycles. The Morgan fingerprint density at radius 2 is 0.789 bits per heavy atom. The van der Waals surface area contributed by atoms with E-state index < -0.39 is 0 Å².